The number of hydrogen-bond acceptors (Lipinski definition) is 4. The van der Waals surface area contributed by atoms with Crippen LogP contribution in [-0.2, 0) is 13.5 Å². The summed E-state index contributed by atoms with van der Waals surface area (Å²) in [6.45, 7) is 3.58. The number of ether oxygens (including phenoxy) is 1. The van der Waals surface area contributed by atoms with Crippen LogP contribution in [0.5, 0.6) is 5.75 Å². The lowest BCUT2D eigenvalue weighted by molar-refractivity contribution is 0.319. The van der Waals surface area contributed by atoms with E-state index in [1.165, 1.54) is 0 Å². The Morgan fingerprint density at radius 2 is 2.20 bits per heavy atom. The SMILES string of the molecule is CCCOc1cc(NCCc2ccn(C)n2)ccc1N. The van der Waals surface area contributed by atoms with Crippen molar-refractivity contribution in [1.82, 2.24) is 9.78 Å². The summed E-state index contributed by atoms with van der Waals surface area (Å²) < 4.78 is 7.43. The molecular formula is C15H22N4O. The summed E-state index contributed by atoms with van der Waals surface area (Å²) in [6.07, 6.45) is 3.81. The van der Waals surface area contributed by atoms with E-state index in [9.17, 15) is 0 Å². The van der Waals surface area contributed by atoms with Crippen LogP contribution in [0.2, 0.25) is 0 Å². The number of hydrogen-bond donors (Lipinski definition) is 2. The summed E-state index contributed by atoms with van der Waals surface area (Å²) in [4.78, 5) is 0. The molecule has 0 aliphatic heterocycles. The number of aryl methyl sites for hydroxylation is 1. The normalized spacial score (nSPS) is 10.5. The molecule has 0 fully saturated rings. The summed E-state index contributed by atoms with van der Waals surface area (Å²) >= 11 is 0. The van der Waals surface area contributed by atoms with Crippen molar-refractivity contribution in [3.8, 4) is 5.75 Å². The lowest BCUT2D eigenvalue weighted by atomic mass is 10.2. The molecule has 5 heteroatoms. The van der Waals surface area contributed by atoms with E-state index in [1.807, 2.05) is 42.2 Å². The maximum absolute atomic E-state index is 5.89. The van der Waals surface area contributed by atoms with Gasteiger partial charge < -0.3 is 15.8 Å². The Morgan fingerprint density at radius 1 is 1.35 bits per heavy atom. The average Bonchev–Trinajstić information content (AvgIpc) is 2.85. The molecule has 1 aromatic carbocycles. The topological polar surface area (TPSA) is 65.1 Å². The van der Waals surface area contributed by atoms with Gasteiger partial charge in [-0.3, -0.25) is 4.68 Å². The first-order valence-corrected chi connectivity index (χ1v) is 6.93. The molecule has 0 saturated heterocycles. The van der Waals surface area contributed by atoms with E-state index in [4.69, 9.17) is 10.5 Å². The molecule has 0 aliphatic rings. The van der Waals surface area contributed by atoms with E-state index < -0.39 is 0 Å². The van der Waals surface area contributed by atoms with Gasteiger partial charge in [0, 0.05) is 38.0 Å². The molecule has 0 bridgehead atoms. The van der Waals surface area contributed by atoms with Crippen LogP contribution in [0, 0.1) is 0 Å². The Labute approximate surface area is 119 Å². The van der Waals surface area contributed by atoms with Crippen molar-refractivity contribution in [2.45, 2.75) is 19.8 Å². The third kappa shape index (κ3) is 3.91. The van der Waals surface area contributed by atoms with Gasteiger partial charge in [-0.15, -0.1) is 0 Å². The van der Waals surface area contributed by atoms with Crippen LogP contribution < -0.4 is 15.8 Å². The number of nitrogen functional groups attached to an aromatic ring is 1. The van der Waals surface area contributed by atoms with E-state index >= 15 is 0 Å². The zero-order valence-electron chi connectivity index (χ0n) is 12.1. The summed E-state index contributed by atoms with van der Waals surface area (Å²) in [6, 6.07) is 7.81. The highest BCUT2D eigenvalue weighted by molar-refractivity contribution is 5.61. The van der Waals surface area contributed by atoms with Crippen molar-refractivity contribution in [2.24, 2.45) is 7.05 Å². The molecule has 0 aliphatic carbocycles. The molecule has 0 amide bonds. The highest BCUT2D eigenvalue weighted by Gasteiger charge is 2.02. The third-order valence-corrected chi connectivity index (χ3v) is 2.95. The van der Waals surface area contributed by atoms with E-state index in [0.29, 0.717) is 12.3 Å². The maximum Gasteiger partial charge on any atom is 0.144 e. The number of rotatable bonds is 7. The fourth-order valence-electron chi connectivity index (χ4n) is 1.91. The maximum atomic E-state index is 5.89. The number of anilines is 2. The number of aromatic nitrogens is 2. The molecule has 2 aromatic rings. The lowest BCUT2D eigenvalue weighted by Crippen LogP contribution is -2.06. The van der Waals surface area contributed by atoms with Crippen molar-refractivity contribution in [1.29, 1.82) is 0 Å². The fourth-order valence-corrected chi connectivity index (χ4v) is 1.91. The number of nitrogens with zero attached hydrogens (tertiary/aromatic N) is 2. The van der Waals surface area contributed by atoms with Gasteiger partial charge in [-0.2, -0.15) is 5.10 Å². The molecule has 3 N–H and O–H groups in total. The minimum absolute atomic E-state index is 0.675. The highest BCUT2D eigenvalue weighted by Crippen LogP contribution is 2.25. The summed E-state index contributed by atoms with van der Waals surface area (Å²) in [5.74, 6) is 0.745. The van der Waals surface area contributed by atoms with Crippen molar-refractivity contribution in [3.05, 3.63) is 36.2 Å². The molecule has 1 heterocycles. The van der Waals surface area contributed by atoms with Gasteiger partial charge in [0.2, 0.25) is 0 Å². The zero-order valence-corrected chi connectivity index (χ0v) is 12.1. The van der Waals surface area contributed by atoms with Crippen LogP contribution in [-0.4, -0.2) is 22.9 Å². The van der Waals surface area contributed by atoms with Gasteiger partial charge in [0.25, 0.3) is 0 Å². The van der Waals surface area contributed by atoms with Crippen molar-refractivity contribution in [2.75, 3.05) is 24.2 Å². The van der Waals surface area contributed by atoms with Crippen LogP contribution >= 0.6 is 0 Å². The second-order valence-electron chi connectivity index (χ2n) is 4.76. The first-order chi connectivity index (χ1) is 9.69. The van der Waals surface area contributed by atoms with Crippen LogP contribution in [0.25, 0.3) is 0 Å². The Morgan fingerprint density at radius 3 is 2.90 bits per heavy atom. The van der Waals surface area contributed by atoms with Gasteiger partial charge in [-0.1, -0.05) is 6.92 Å². The van der Waals surface area contributed by atoms with E-state index in [-0.39, 0.29) is 0 Å². The Hall–Kier alpha value is -2.17. The quantitative estimate of drug-likeness (QED) is 0.761. The number of nitrogens with one attached hydrogen (secondary N) is 1. The van der Waals surface area contributed by atoms with Crippen molar-refractivity contribution < 1.29 is 4.74 Å². The highest BCUT2D eigenvalue weighted by atomic mass is 16.5. The van der Waals surface area contributed by atoms with Crippen molar-refractivity contribution in [3.63, 3.8) is 0 Å². The minimum atomic E-state index is 0.675. The first kappa shape index (κ1) is 14.2. The Balaban J connectivity index is 1.89. The largest absolute Gasteiger partial charge is 0.491 e. The van der Waals surface area contributed by atoms with Crippen molar-refractivity contribution >= 4 is 11.4 Å². The van der Waals surface area contributed by atoms with Gasteiger partial charge in [0.15, 0.2) is 0 Å². The molecule has 0 saturated carbocycles. The van der Waals surface area contributed by atoms with E-state index in [2.05, 4.69) is 17.3 Å². The van der Waals surface area contributed by atoms with Gasteiger partial charge in [0.05, 0.1) is 18.0 Å². The average molecular weight is 274 g/mol. The standard InChI is InChI=1S/C15H22N4O/c1-3-10-20-15-11-13(4-5-14(15)16)17-8-6-12-7-9-19(2)18-12/h4-5,7,9,11,17H,3,6,8,10,16H2,1-2H3. The molecule has 108 valence electrons. The smallest absolute Gasteiger partial charge is 0.144 e. The molecular weight excluding hydrogens is 252 g/mol. The van der Waals surface area contributed by atoms with Crippen LogP contribution in [0.4, 0.5) is 11.4 Å². The van der Waals surface area contributed by atoms with Crippen LogP contribution in [0.3, 0.4) is 0 Å². The molecule has 20 heavy (non-hydrogen) atoms. The van der Waals surface area contributed by atoms with Crippen LogP contribution in [0.1, 0.15) is 19.0 Å². The van der Waals surface area contributed by atoms with E-state index in [1.54, 1.807) is 0 Å². The number of nitrogens with two attached hydrogens (primary N) is 1. The van der Waals surface area contributed by atoms with Crippen LogP contribution in [0.15, 0.2) is 30.5 Å². The lowest BCUT2D eigenvalue weighted by Gasteiger charge is -2.11. The molecule has 1 aromatic heterocycles. The molecule has 2 rings (SSSR count). The predicted octanol–water partition coefficient (Wildman–Crippen LogP) is 2.45. The summed E-state index contributed by atoms with van der Waals surface area (Å²) in [7, 11) is 1.92. The Kier molecular flexibility index (Phi) is 4.87. The third-order valence-electron chi connectivity index (χ3n) is 2.95. The fraction of sp³-hybridized carbons (Fsp3) is 0.400. The van der Waals surface area contributed by atoms with Gasteiger partial charge in [-0.25, -0.2) is 0 Å². The monoisotopic (exact) mass is 274 g/mol. The summed E-state index contributed by atoms with van der Waals surface area (Å²) in [5.41, 5.74) is 8.66. The Bertz CT molecular complexity index is 551. The second kappa shape index (κ2) is 6.84. The zero-order chi connectivity index (χ0) is 14.4. The van der Waals surface area contributed by atoms with Gasteiger partial charge in [0.1, 0.15) is 5.75 Å². The summed E-state index contributed by atoms with van der Waals surface area (Å²) in [5, 5.41) is 7.71. The molecule has 0 unspecified atom stereocenters. The first-order valence-electron chi connectivity index (χ1n) is 6.93. The van der Waals surface area contributed by atoms with Gasteiger partial charge >= 0.3 is 0 Å². The predicted molar refractivity (Wildman–Crippen MR) is 82.0 cm³/mol. The molecule has 5 nitrogen and oxygen atoms in total. The molecule has 0 radical (unpaired) electrons. The second-order valence-corrected chi connectivity index (χ2v) is 4.76. The van der Waals surface area contributed by atoms with Gasteiger partial charge in [-0.05, 0) is 24.6 Å². The molecule has 0 atom stereocenters. The number of benzene rings is 1. The molecule has 0 spiro atoms. The van der Waals surface area contributed by atoms with E-state index in [0.717, 1.165) is 36.5 Å². The minimum Gasteiger partial charge on any atom is -0.491 e.